The molecule has 1 aliphatic rings. The van der Waals surface area contributed by atoms with Crippen LogP contribution in [0.15, 0.2) is 48.5 Å². The molecule has 1 aliphatic heterocycles. The van der Waals surface area contributed by atoms with Crippen LogP contribution < -0.4 is 0 Å². The number of hydrogen-bond acceptors (Lipinski definition) is 2. The summed E-state index contributed by atoms with van der Waals surface area (Å²) in [6.07, 6.45) is 0.140. The molecule has 1 heterocycles. The molecular weight excluding hydrogens is 295 g/mol. The van der Waals surface area contributed by atoms with E-state index >= 15 is 0 Å². The number of benzene rings is 2. The van der Waals surface area contributed by atoms with Gasteiger partial charge in [-0.15, -0.1) is 0 Å². The molecule has 2 aromatic carbocycles. The lowest BCUT2D eigenvalue weighted by molar-refractivity contribution is -0.130. The van der Waals surface area contributed by atoms with Crippen molar-refractivity contribution in [1.82, 2.24) is 9.80 Å². The summed E-state index contributed by atoms with van der Waals surface area (Å²) >= 11 is 0. The van der Waals surface area contributed by atoms with Crippen molar-refractivity contribution in [3.63, 3.8) is 0 Å². The van der Waals surface area contributed by atoms with Crippen LogP contribution in [0, 0.1) is 5.82 Å². The fraction of sp³-hybridized carbons (Fsp3) is 0.222. The first-order valence-corrected chi connectivity index (χ1v) is 7.36. The Balaban J connectivity index is 2.22. The lowest BCUT2D eigenvalue weighted by Gasteiger charge is -2.37. The number of hydrogen-bond donors (Lipinski definition) is 0. The Bertz CT molecular complexity index is 773. The van der Waals surface area contributed by atoms with Gasteiger partial charge in [0.15, 0.2) is 0 Å². The van der Waals surface area contributed by atoms with Crippen molar-refractivity contribution in [2.75, 3.05) is 14.1 Å². The molecule has 0 aromatic heterocycles. The molecule has 1 atom stereocenters. The summed E-state index contributed by atoms with van der Waals surface area (Å²) in [7, 11) is 3.16. The van der Waals surface area contributed by atoms with Crippen LogP contribution in [0.5, 0.6) is 0 Å². The molecule has 0 fully saturated rings. The van der Waals surface area contributed by atoms with Gasteiger partial charge in [0.1, 0.15) is 5.82 Å². The zero-order valence-electron chi connectivity index (χ0n) is 13.0. The second-order valence-electron chi connectivity index (χ2n) is 5.74. The number of urea groups is 1. The lowest BCUT2D eigenvalue weighted by atomic mass is 9.88. The van der Waals surface area contributed by atoms with Crippen LogP contribution in [-0.4, -0.2) is 35.8 Å². The highest BCUT2D eigenvalue weighted by Crippen LogP contribution is 2.37. The average molecular weight is 312 g/mol. The standard InChI is InChI=1S/C18H17FN2O2/c1-20(2)18(23)21-16(22)11-12-7-3-4-8-13(12)17(21)14-9-5-6-10-15(14)19/h3-10,17H,11H2,1-2H3. The monoisotopic (exact) mass is 312 g/mol. The second kappa shape index (κ2) is 5.83. The maximum absolute atomic E-state index is 14.4. The molecule has 3 rings (SSSR count). The van der Waals surface area contributed by atoms with Gasteiger partial charge in [0.2, 0.25) is 5.91 Å². The number of amides is 3. The van der Waals surface area contributed by atoms with Crippen molar-refractivity contribution in [3.05, 3.63) is 71.0 Å². The molecule has 0 N–H and O–H groups in total. The molecule has 4 nitrogen and oxygen atoms in total. The van der Waals surface area contributed by atoms with Gasteiger partial charge in [-0.3, -0.25) is 9.69 Å². The van der Waals surface area contributed by atoms with E-state index in [9.17, 15) is 14.0 Å². The molecule has 1 unspecified atom stereocenters. The lowest BCUT2D eigenvalue weighted by Crippen LogP contribution is -2.49. The zero-order valence-corrected chi connectivity index (χ0v) is 13.0. The summed E-state index contributed by atoms with van der Waals surface area (Å²) in [5.41, 5.74) is 1.93. The summed E-state index contributed by atoms with van der Waals surface area (Å²) in [4.78, 5) is 27.6. The molecule has 0 saturated carbocycles. The molecular formula is C18H17FN2O2. The van der Waals surface area contributed by atoms with E-state index in [2.05, 4.69) is 0 Å². The van der Waals surface area contributed by atoms with E-state index in [4.69, 9.17) is 0 Å². The topological polar surface area (TPSA) is 40.6 Å². The van der Waals surface area contributed by atoms with Crippen LogP contribution in [0.2, 0.25) is 0 Å². The second-order valence-corrected chi connectivity index (χ2v) is 5.74. The van der Waals surface area contributed by atoms with Gasteiger partial charge in [-0.05, 0) is 17.2 Å². The highest BCUT2D eigenvalue weighted by Gasteiger charge is 2.39. The van der Waals surface area contributed by atoms with Crippen molar-refractivity contribution in [1.29, 1.82) is 0 Å². The van der Waals surface area contributed by atoms with Crippen LogP contribution in [0.1, 0.15) is 22.7 Å². The quantitative estimate of drug-likeness (QED) is 0.812. The van der Waals surface area contributed by atoms with Crippen LogP contribution in [0.25, 0.3) is 0 Å². The zero-order chi connectivity index (χ0) is 16.6. The number of fused-ring (bicyclic) bond motifs is 1. The number of carbonyl (C=O) groups excluding carboxylic acids is 2. The summed E-state index contributed by atoms with van der Waals surface area (Å²) in [6, 6.07) is 12.4. The Morgan fingerprint density at radius 1 is 1.09 bits per heavy atom. The Morgan fingerprint density at radius 3 is 2.35 bits per heavy atom. The van der Waals surface area contributed by atoms with E-state index < -0.39 is 17.9 Å². The van der Waals surface area contributed by atoms with E-state index in [1.165, 1.54) is 11.0 Å². The van der Waals surface area contributed by atoms with E-state index in [-0.39, 0.29) is 12.3 Å². The molecule has 2 aromatic rings. The summed E-state index contributed by atoms with van der Waals surface area (Å²) in [6.45, 7) is 0. The predicted molar refractivity (Wildman–Crippen MR) is 84.3 cm³/mol. The van der Waals surface area contributed by atoms with Crippen molar-refractivity contribution in [2.45, 2.75) is 12.5 Å². The normalized spacial score (nSPS) is 16.9. The van der Waals surface area contributed by atoms with E-state index in [1.54, 1.807) is 32.3 Å². The third-order valence-electron chi connectivity index (χ3n) is 4.01. The minimum atomic E-state index is -0.747. The van der Waals surface area contributed by atoms with Gasteiger partial charge in [0, 0.05) is 19.7 Å². The van der Waals surface area contributed by atoms with Gasteiger partial charge in [-0.2, -0.15) is 0 Å². The Hall–Kier alpha value is -2.69. The Labute approximate surface area is 134 Å². The number of halogens is 1. The van der Waals surface area contributed by atoms with Crippen molar-refractivity contribution in [3.8, 4) is 0 Å². The Morgan fingerprint density at radius 2 is 1.70 bits per heavy atom. The van der Waals surface area contributed by atoms with Crippen LogP contribution in [0.3, 0.4) is 0 Å². The number of nitrogens with zero attached hydrogens (tertiary/aromatic N) is 2. The molecule has 5 heteroatoms. The van der Waals surface area contributed by atoms with Gasteiger partial charge in [-0.25, -0.2) is 9.18 Å². The largest absolute Gasteiger partial charge is 0.330 e. The first-order valence-electron chi connectivity index (χ1n) is 7.36. The van der Waals surface area contributed by atoms with Gasteiger partial charge in [0.05, 0.1) is 12.5 Å². The first-order chi connectivity index (χ1) is 11.0. The van der Waals surface area contributed by atoms with E-state index in [1.807, 2.05) is 24.3 Å². The fourth-order valence-electron chi connectivity index (χ4n) is 2.93. The molecule has 3 amide bonds. The van der Waals surface area contributed by atoms with Crippen LogP contribution in [0.4, 0.5) is 9.18 Å². The number of imide groups is 1. The summed E-state index contributed by atoms with van der Waals surface area (Å²) in [5, 5.41) is 0. The van der Waals surface area contributed by atoms with Gasteiger partial charge < -0.3 is 4.90 Å². The molecule has 0 saturated heterocycles. The van der Waals surface area contributed by atoms with Gasteiger partial charge in [-0.1, -0.05) is 42.5 Å². The average Bonchev–Trinajstić information content (AvgIpc) is 2.53. The molecule has 118 valence electrons. The molecule has 23 heavy (non-hydrogen) atoms. The predicted octanol–water partition coefficient (Wildman–Crippen LogP) is 2.98. The maximum atomic E-state index is 14.4. The van der Waals surface area contributed by atoms with Crippen LogP contribution in [-0.2, 0) is 11.2 Å². The smallest absolute Gasteiger partial charge is 0.327 e. The minimum absolute atomic E-state index is 0.140. The Kier molecular flexibility index (Phi) is 3.86. The minimum Gasteiger partial charge on any atom is -0.330 e. The third-order valence-corrected chi connectivity index (χ3v) is 4.01. The molecule has 0 aliphatic carbocycles. The van der Waals surface area contributed by atoms with Crippen LogP contribution >= 0.6 is 0 Å². The van der Waals surface area contributed by atoms with Crippen molar-refractivity contribution < 1.29 is 14.0 Å². The van der Waals surface area contributed by atoms with E-state index in [0.717, 1.165) is 16.0 Å². The maximum Gasteiger partial charge on any atom is 0.327 e. The van der Waals surface area contributed by atoms with Gasteiger partial charge >= 0.3 is 6.03 Å². The van der Waals surface area contributed by atoms with Crippen molar-refractivity contribution >= 4 is 11.9 Å². The summed E-state index contributed by atoms with van der Waals surface area (Å²) in [5.74, 6) is -0.755. The molecule has 0 radical (unpaired) electrons. The van der Waals surface area contributed by atoms with E-state index in [0.29, 0.717) is 5.56 Å². The highest BCUT2D eigenvalue weighted by atomic mass is 19.1. The molecule has 0 bridgehead atoms. The fourth-order valence-corrected chi connectivity index (χ4v) is 2.93. The summed E-state index contributed by atoms with van der Waals surface area (Å²) < 4.78 is 14.4. The SMILES string of the molecule is CN(C)C(=O)N1C(=O)Cc2ccccc2C1c1ccccc1F. The number of carbonyl (C=O) groups is 2. The number of rotatable bonds is 1. The van der Waals surface area contributed by atoms with Gasteiger partial charge in [0.25, 0.3) is 0 Å². The van der Waals surface area contributed by atoms with Crippen molar-refractivity contribution in [2.24, 2.45) is 0 Å². The molecule has 0 spiro atoms. The third kappa shape index (κ3) is 2.59. The highest BCUT2D eigenvalue weighted by molar-refractivity contribution is 5.97. The first kappa shape index (κ1) is 15.2.